The summed E-state index contributed by atoms with van der Waals surface area (Å²) in [4.78, 5) is 1.33. The van der Waals surface area contributed by atoms with E-state index in [9.17, 15) is 0 Å². The van der Waals surface area contributed by atoms with E-state index in [0.29, 0.717) is 6.04 Å². The lowest BCUT2D eigenvalue weighted by atomic mass is 10.1. The number of rotatable bonds is 4. The summed E-state index contributed by atoms with van der Waals surface area (Å²) in [6, 6.07) is 11.2. The van der Waals surface area contributed by atoms with Crippen LogP contribution >= 0.6 is 43.2 Å². The van der Waals surface area contributed by atoms with Gasteiger partial charge < -0.3 is 5.32 Å². The summed E-state index contributed by atoms with van der Waals surface area (Å²) in [7, 11) is 0. The van der Waals surface area contributed by atoms with E-state index in [1.807, 2.05) is 0 Å². The van der Waals surface area contributed by atoms with Gasteiger partial charge in [0.2, 0.25) is 0 Å². The fraction of sp³-hybridized carbons (Fsp3) is 0.286. The van der Waals surface area contributed by atoms with Gasteiger partial charge in [0, 0.05) is 21.9 Å². The van der Waals surface area contributed by atoms with Crippen molar-refractivity contribution < 1.29 is 0 Å². The van der Waals surface area contributed by atoms with Crippen molar-refractivity contribution in [3.8, 4) is 0 Å². The molecule has 0 radical (unpaired) electrons. The highest BCUT2D eigenvalue weighted by atomic mass is 79.9. The van der Waals surface area contributed by atoms with Gasteiger partial charge >= 0.3 is 0 Å². The standard InChI is InChI=1S/C14H15Br2NS/c1-9-4-3-5-11(6-9)10(2)17-8-12-7-13(15)14(16)18-12/h3-7,10,17H,8H2,1-2H3/t10-/m0/s1. The molecule has 0 spiro atoms. The third kappa shape index (κ3) is 3.67. The molecule has 1 heterocycles. The number of hydrogen-bond acceptors (Lipinski definition) is 2. The molecular weight excluding hydrogens is 374 g/mol. The Hall–Kier alpha value is -0.160. The molecule has 0 bridgehead atoms. The summed E-state index contributed by atoms with van der Waals surface area (Å²) in [5, 5.41) is 3.55. The van der Waals surface area contributed by atoms with Crippen molar-refractivity contribution in [1.82, 2.24) is 5.32 Å². The molecule has 2 aromatic rings. The van der Waals surface area contributed by atoms with Gasteiger partial charge in [0.25, 0.3) is 0 Å². The highest BCUT2D eigenvalue weighted by Crippen LogP contribution is 2.32. The summed E-state index contributed by atoms with van der Waals surface area (Å²) in [6.45, 7) is 5.22. The van der Waals surface area contributed by atoms with Crippen molar-refractivity contribution in [2.24, 2.45) is 0 Å². The normalized spacial score (nSPS) is 12.7. The summed E-state index contributed by atoms with van der Waals surface area (Å²) >= 11 is 8.80. The number of aryl methyl sites for hydroxylation is 1. The molecule has 0 aliphatic carbocycles. The van der Waals surface area contributed by atoms with E-state index in [1.54, 1.807) is 11.3 Å². The number of nitrogens with one attached hydrogen (secondary N) is 1. The fourth-order valence-electron chi connectivity index (χ4n) is 1.79. The predicted molar refractivity (Wildman–Crippen MR) is 86.2 cm³/mol. The molecule has 0 saturated carbocycles. The van der Waals surface area contributed by atoms with Crippen LogP contribution < -0.4 is 5.32 Å². The first-order valence-corrected chi connectivity index (χ1v) is 8.20. The van der Waals surface area contributed by atoms with Crippen LogP contribution in [0, 0.1) is 6.92 Å². The molecule has 0 saturated heterocycles. The maximum Gasteiger partial charge on any atom is 0.0843 e. The van der Waals surface area contributed by atoms with Crippen molar-refractivity contribution in [1.29, 1.82) is 0 Å². The molecule has 1 atom stereocenters. The monoisotopic (exact) mass is 387 g/mol. The summed E-state index contributed by atoms with van der Waals surface area (Å²) in [6.07, 6.45) is 0. The Balaban J connectivity index is 1.98. The molecule has 0 fully saturated rings. The fourth-order valence-corrected chi connectivity index (χ4v) is 3.92. The first kappa shape index (κ1) is 14.3. The van der Waals surface area contributed by atoms with Gasteiger partial charge in [0.1, 0.15) is 0 Å². The van der Waals surface area contributed by atoms with Crippen LogP contribution in [0.5, 0.6) is 0 Å². The Morgan fingerprint density at radius 1 is 1.28 bits per heavy atom. The smallest absolute Gasteiger partial charge is 0.0843 e. The number of thiophene rings is 1. The predicted octanol–water partition coefficient (Wildman–Crippen LogP) is 5.43. The van der Waals surface area contributed by atoms with E-state index >= 15 is 0 Å². The molecule has 1 N–H and O–H groups in total. The molecule has 0 aliphatic rings. The van der Waals surface area contributed by atoms with E-state index in [-0.39, 0.29) is 0 Å². The molecule has 4 heteroatoms. The Kier molecular flexibility index (Phi) is 5.01. The minimum Gasteiger partial charge on any atom is -0.305 e. The van der Waals surface area contributed by atoms with E-state index in [2.05, 4.69) is 81.4 Å². The lowest BCUT2D eigenvalue weighted by molar-refractivity contribution is 0.578. The first-order valence-electron chi connectivity index (χ1n) is 5.80. The molecule has 0 unspecified atom stereocenters. The average molecular weight is 389 g/mol. The van der Waals surface area contributed by atoms with Crippen LogP contribution in [0.3, 0.4) is 0 Å². The zero-order valence-electron chi connectivity index (χ0n) is 10.3. The number of halogens is 2. The summed E-state index contributed by atoms with van der Waals surface area (Å²) in [5.74, 6) is 0. The second-order valence-corrected chi connectivity index (χ2v) is 7.66. The minimum absolute atomic E-state index is 0.365. The topological polar surface area (TPSA) is 12.0 Å². The summed E-state index contributed by atoms with van der Waals surface area (Å²) < 4.78 is 2.29. The van der Waals surface area contributed by atoms with Gasteiger partial charge in [-0.05, 0) is 57.3 Å². The second-order valence-electron chi connectivity index (χ2n) is 4.35. The van der Waals surface area contributed by atoms with E-state index in [0.717, 1.165) is 14.8 Å². The van der Waals surface area contributed by atoms with Crippen molar-refractivity contribution in [2.45, 2.75) is 26.4 Å². The van der Waals surface area contributed by atoms with Crippen LogP contribution in [0.15, 0.2) is 38.6 Å². The molecule has 0 amide bonds. The molecule has 2 rings (SSSR count). The maximum atomic E-state index is 3.55. The van der Waals surface area contributed by atoms with Gasteiger partial charge in [-0.2, -0.15) is 0 Å². The van der Waals surface area contributed by atoms with Gasteiger partial charge in [0.15, 0.2) is 0 Å². The van der Waals surface area contributed by atoms with Gasteiger partial charge in [-0.25, -0.2) is 0 Å². The maximum absolute atomic E-state index is 3.55. The second kappa shape index (κ2) is 6.33. The minimum atomic E-state index is 0.365. The zero-order chi connectivity index (χ0) is 13.1. The van der Waals surface area contributed by atoms with Crippen LogP contribution in [-0.4, -0.2) is 0 Å². The highest BCUT2D eigenvalue weighted by Gasteiger charge is 2.07. The van der Waals surface area contributed by atoms with Crippen molar-refractivity contribution in [2.75, 3.05) is 0 Å². The van der Waals surface area contributed by atoms with Crippen LogP contribution in [0.2, 0.25) is 0 Å². The van der Waals surface area contributed by atoms with Gasteiger partial charge in [-0.15, -0.1) is 11.3 Å². The Morgan fingerprint density at radius 3 is 2.67 bits per heavy atom. The molecule has 1 aromatic heterocycles. The first-order chi connectivity index (χ1) is 8.56. The largest absolute Gasteiger partial charge is 0.305 e. The van der Waals surface area contributed by atoms with Crippen LogP contribution in [0.4, 0.5) is 0 Å². The van der Waals surface area contributed by atoms with E-state index < -0.39 is 0 Å². The van der Waals surface area contributed by atoms with E-state index in [1.165, 1.54) is 16.0 Å². The SMILES string of the molecule is Cc1cccc([C@H](C)NCc2cc(Br)c(Br)s2)c1. The Labute approximate surface area is 129 Å². The molecule has 1 aromatic carbocycles. The molecule has 0 aliphatic heterocycles. The molecule has 18 heavy (non-hydrogen) atoms. The van der Waals surface area contributed by atoms with Crippen molar-refractivity contribution in [3.63, 3.8) is 0 Å². The van der Waals surface area contributed by atoms with Gasteiger partial charge in [-0.3, -0.25) is 0 Å². The van der Waals surface area contributed by atoms with E-state index in [4.69, 9.17) is 0 Å². The van der Waals surface area contributed by atoms with Crippen molar-refractivity contribution >= 4 is 43.2 Å². The van der Waals surface area contributed by atoms with Crippen molar-refractivity contribution in [3.05, 3.63) is 54.6 Å². The van der Waals surface area contributed by atoms with Gasteiger partial charge in [0.05, 0.1) is 3.79 Å². The Morgan fingerprint density at radius 2 is 2.06 bits per heavy atom. The molecule has 96 valence electrons. The summed E-state index contributed by atoms with van der Waals surface area (Å²) in [5.41, 5.74) is 2.65. The lowest BCUT2D eigenvalue weighted by Crippen LogP contribution is -2.17. The third-order valence-electron chi connectivity index (χ3n) is 2.82. The lowest BCUT2D eigenvalue weighted by Gasteiger charge is -2.14. The zero-order valence-corrected chi connectivity index (χ0v) is 14.3. The van der Waals surface area contributed by atoms with Crippen LogP contribution in [0.1, 0.15) is 29.0 Å². The number of hydrogen-bond donors (Lipinski definition) is 1. The van der Waals surface area contributed by atoms with Crippen LogP contribution in [0.25, 0.3) is 0 Å². The Bertz CT molecular complexity index is 517. The highest BCUT2D eigenvalue weighted by molar-refractivity contribution is 9.13. The van der Waals surface area contributed by atoms with Crippen LogP contribution in [-0.2, 0) is 6.54 Å². The average Bonchev–Trinajstić information content (AvgIpc) is 2.66. The quantitative estimate of drug-likeness (QED) is 0.735. The number of benzene rings is 1. The third-order valence-corrected chi connectivity index (χ3v) is 6.08. The molecule has 1 nitrogen and oxygen atoms in total. The molecular formula is C14H15Br2NS. The van der Waals surface area contributed by atoms with Gasteiger partial charge in [-0.1, -0.05) is 29.8 Å².